The average Bonchev–Trinajstić information content (AvgIpc) is 2.83. The summed E-state index contributed by atoms with van der Waals surface area (Å²) in [4.78, 5) is 14.0. The van der Waals surface area contributed by atoms with Crippen LogP contribution < -0.4 is 5.32 Å². The number of alkyl halides is 6. The summed E-state index contributed by atoms with van der Waals surface area (Å²) < 4.78 is 76.5. The first-order chi connectivity index (χ1) is 10.8. The van der Waals surface area contributed by atoms with E-state index in [-0.39, 0.29) is 25.4 Å². The zero-order chi connectivity index (χ0) is 18.8. The minimum absolute atomic E-state index is 0.0124. The normalized spacial score (nSPS) is 20.7. The van der Waals surface area contributed by atoms with Crippen molar-refractivity contribution in [2.45, 2.75) is 70.9 Å². The Morgan fingerprint density at radius 1 is 1.17 bits per heavy atom. The lowest BCUT2D eigenvalue weighted by molar-refractivity contribution is -0.336. The lowest BCUT2D eigenvalue weighted by Gasteiger charge is -2.34. The monoisotopic (exact) mass is 362 g/mol. The highest BCUT2D eigenvalue weighted by molar-refractivity contribution is 5.76. The molecule has 142 valence electrons. The van der Waals surface area contributed by atoms with E-state index in [1.165, 1.54) is 0 Å². The van der Waals surface area contributed by atoms with Crippen molar-refractivity contribution in [1.29, 1.82) is 0 Å². The zero-order valence-electron chi connectivity index (χ0n) is 14.0. The smallest absolute Gasteiger partial charge is 0.356 e. The summed E-state index contributed by atoms with van der Waals surface area (Å²) in [5, 5.41) is 2.20. The quantitative estimate of drug-likeness (QED) is 0.727. The number of nitrogens with zero attached hydrogens (tertiary/aromatic N) is 1. The fourth-order valence-corrected chi connectivity index (χ4v) is 2.94. The van der Waals surface area contributed by atoms with E-state index in [2.05, 4.69) is 10.2 Å². The highest BCUT2D eigenvalue weighted by Crippen LogP contribution is 2.52. The molecule has 3 nitrogen and oxygen atoms in total. The number of hydrogen-bond acceptors (Lipinski definition) is 2. The lowest BCUT2D eigenvalue weighted by Crippen LogP contribution is -2.49. The molecule has 0 aromatic rings. The van der Waals surface area contributed by atoms with E-state index in [4.69, 9.17) is 0 Å². The molecule has 0 spiro atoms. The highest BCUT2D eigenvalue weighted by Gasteiger charge is 2.66. The van der Waals surface area contributed by atoms with Gasteiger partial charge in [-0.1, -0.05) is 0 Å². The molecule has 1 fully saturated rings. The molecule has 24 heavy (non-hydrogen) atoms. The van der Waals surface area contributed by atoms with E-state index in [9.17, 15) is 31.1 Å². The fraction of sp³-hybridized carbons (Fsp3) is 0.933. The molecular formula is C15H24F6N2O. The van der Waals surface area contributed by atoms with Crippen molar-refractivity contribution in [3.05, 3.63) is 0 Å². The van der Waals surface area contributed by atoms with Gasteiger partial charge < -0.3 is 5.32 Å². The molecule has 0 aliphatic carbocycles. The number of amides is 1. The number of nitrogens with one attached hydrogen (secondary N) is 1. The van der Waals surface area contributed by atoms with E-state index in [1.54, 1.807) is 0 Å². The average molecular weight is 362 g/mol. The van der Waals surface area contributed by atoms with Crippen molar-refractivity contribution >= 4 is 5.91 Å². The third-order valence-electron chi connectivity index (χ3n) is 4.71. The van der Waals surface area contributed by atoms with Gasteiger partial charge in [-0.05, 0) is 46.6 Å². The number of hydrogen-bond donors (Lipinski definition) is 1. The van der Waals surface area contributed by atoms with Crippen molar-refractivity contribution in [3.8, 4) is 0 Å². The molecule has 1 N–H and O–H groups in total. The van der Waals surface area contributed by atoms with Crippen molar-refractivity contribution in [1.82, 2.24) is 10.2 Å². The summed E-state index contributed by atoms with van der Waals surface area (Å²) in [5.74, 6) is -0.515. The van der Waals surface area contributed by atoms with Crippen LogP contribution in [0, 0.1) is 5.41 Å². The minimum Gasteiger partial charge on any atom is -0.356 e. The maximum absolute atomic E-state index is 12.8. The maximum atomic E-state index is 12.8. The number of rotatable bonds is 6. The third-order valence-corrected chi connectivity index (χ3v) is 4.71. The molecule has 1 rings (SSSR count). The Kier molecular flexibility index (Phi) is 6.57. The fourth-order valence-electron chi connectivity index (χ4n) is 2.94. The molecular weight excluding hydrogens is 338 g/mol. The van der Waals surface area contributed by atoms with Gasteiger partial charge >= 0.3 is 12.4 Å². The maximum Gasteiger partial charge on any atom is 0.402 e. The van der Waals surface area contributed by atoms with Crippen LogP contribution in [0.1, 0.15) is 46.5 Å². The molecule has 0 unspecified atom stereocenters. The van der Waals surface area contributed by atoms with Crippen molar-refractivity contribution < 1.29 is 31.1 Å². The molecule has 1 saturated heterocycles. The first-order valence-corrected chi connectivity index (χ1v) is 7.95. The van der Waals surface area contributed by atoms with Crippen LogP contribution in [0.2, 0.25) is 0 Å². The van der Waals surface area contributed by atoms with Gasteiger partial charge in [0.25, 0.3) is 0 Å². The first-order valence-electron chi connectivity index (χ1n) is 7.95. The number of carbonyl (C=O) groups is 1. The van der Waals surface area contributed by atoms with Crippen LogP contribution in [-0.4, -0.2) is 48.3 Å². The number of likely N-dealkylation sites (tertiary alicyclic amines) is 1. The van der Waals surface area contributed by atoms with Gasteiger partial charge in [0.2, 0.25) is 5.91 Å². The number of halogens is 6. The summed E-state index contributed by atoms with van der Waals surface area (Å²) in [6.07, 6.45) is -10.3. The van der Waals surface area contributed by atoms with E-state index in [0.29, 0.717) is 0 Å². The molecule has 0 aromatic heterocycles. The lowest BCUT2D eigenvalue weighted by atomic mass is 9.85. The van der Waals surface area contributed by atoms with Gasteiger partial charge in [0.1, 0.15) is 0 Å². The molecule has 1 aliphatic heterocycles. The Morgan fingerprint density at radius 3 is 2.17 bits per heavy atom. The summed E-state index contributed by atoms with van der Waals surface area (Å²) in [6, 6.07) is 0.227. The van der Waals surface area contributed by atoms with Crippen LogP contribution in [0.15, 0.2) is 0 Å². The molecule has 1 aliphatic rings. The first kappa shape index (κ1) is 21.1. The molecule has 9 heteroatoms. The second-order valence-electron chi connectivity index (χ2n) is 6.76. The van der Waals surface area contributed by atoms with Gasteiger partial charge in [-0.25, -0.2) is 0 Å². The van der Waals surface area contributed by atoms with Crippen molar-refractivity contribution in [2.75, 3.05) is 13.1 Å². The molecule has 0 bridgehead atoms. The van der Waals surface area contributed by atoms with Gasteiger partial charge in [-0.2, -0.15) is 26.3 Å². The van der Waals surface area contributed by atoms with E-state index in [0.717, 1.165) is 19.4 Å². The van der Waals surface area contributed by atoms with Crippen LogP contribution in [0.5, 0.6) is 0 Å². The molecule has 0 radical (unpaired) electrons. The second-order valence-corrected chi connectivity index (χ2v) is 6.76. The van der Waals surface area contributed by atoms with Crippen molar-refractivity contribution in [3.63, 3.8) is 0 Å². The summed E-state index contributed by atoms with van der Waals surface area (Å²) >= 11 is 0. The number of carbonyl (C=O) groups excluding carboxylic acids is 1. The predicted octanol–water partition coefficient (Wildman–Crippen LogP) is 3.89. The van der Waals surface area contributed by atoms with E-state index >= 15 is 0 Å². The largest absolute Gasteiger partial charge is 0.402 e. The van der Waals surface area contributed by atoms with Gasteiger partial charge in [-0.15, -0.1) is 0 Å². The zero-order valence-corrected chi connectivity index (χ0v) is 14.0. The van der Waals surface area contributed by atoms with Crippen LogP contribution in [0.4, 0.5) is 26.3 Å². The molecule has 1 heterocycles. The van der Waals surface area contributed by atoms with Crippen LogP contribution >= 0.6 is 0 Å². The Morgan fingerprint density at radius 2 is 1.71 bits per heavy atom. The predicted molar refractivity (Wildman–Crippen MR) is 77.3 cm³/mol. The molecule has 0 saturated carbocycles. The van der Waals surface area contributed by atoms with Crippen LogP contribution in [-0.2, 0) is 4.79 Å². The minimum atomic E-state index is -5.42. The van der Waals surface area contributed by atoms with Gasteiger partial charge in [0.15, 0.2) is 5.41 Å². The summed E-state index contributed by atoms with van der Waals surface area (Å²) in [6.45, 7) is 4.26. The van der Waals surface area contributed by atoms with Gasteiger partial charge in [0, 0.05) is 25.0 Å². The Bertz CT molecular complexity index is 419. The standard InChI is InChI=1S/C15H24F6N2O/c1-10(2)23-8-4-5-11(23)9-12(24)22-7-6-13(3,14(16,17)18)15(19,20)21/h10-11H,4-9H2,1-3H3,(H,22,24)/t11-/m0/s1. The topological polar surface area (TPSA) is 32.3 Å². The van der Waals surface area contributed by atoms with Gasteiger partial charge in [0.05, 0.1) is 0 Å². The second kappa shape index (κ2) is 7.49. The van der Waals surface area contributed by atoms with E-state index < -0.39 is 36.6 Å². The molecule has 1 atom stereocenters. The van der Waals surface area contributed by atoms with Gasteiger partial charge in [-0.3, -0.25) is 9.69 Å². The third kappa shape index (κ3) is 4.77. The highest BCUT2D eigenvalue weighted by atomic mass is 19.4. The Hall–Kier alpha value is -0.990. The molecule has 0 aromatic carbocycles. The van der Waals surface area contributed by atoms with Crippen molar-refractivity contribution in [2.24, 2.45) is 5.41 Å². The van der Waals surface area contributed by atoms with E-state index in [1.807, 2.05) is 13.8 Å². The molecule has 1 amide bonds. The summed E-state index contributed by atoms with van der Waals surface area (Å²) in [7, 11) is 0. The van der Waals surface area contributed by atoms with Crippen LogP contribution in [0.25, 0.3) is 0 Å². The van der Waals surface area contributed by atoms with Crippen LogP contribution in [0.3, 0.4) is 0 Å². The summed E-state index contributed by atoms with van der Waals surface area (Å²) in [5.41, 5.74) is -3.83. The SMILES string of the molecule is CC(C)N1CCC[C@H]1CC(=O)NCCC(C)(C(F)(F)F)C(F)(F)F. The Labute approximate surface area is 137 Å². The Balaban J connectivity index is 2.55.